The van der Waals surface area contributed by atoms with Crippen molar-refractivity contribution in [3.05, 3.63) is 0 Å². The van der Waals surface area contributed by atoms with Crippen LogP contribution in [0.3, 0.4) is 0 Å². The van der Waals surface area contributed by atoms with E-state index in [9.17, 15) is 0 Å². The van der Waals surface area contributed by atoms with Crippen LogP contribution in [0.2, 0.25) is 0 Å². The molecule has 124 valence electrons. The average Bonchev–Trinajstić information content (AvgIpc) is 2.47. The van der Waals surface area contributed by atoms with E-state index in [2.05, 4.69) is 42.4 Å². The third kappa shape index (κ3) is 4.19. The van der Waals surface area contributed by atoms with Gasteiger partial charge in [0.25, 0.3) is 0 Å². The molecule has 4 heteroatoms. The summed E-state index contributed by atoms with van der Waals surface area (Å²) >= 11 is 0. The van der Waals surface area contributed by atoms with Crippen molar-refractivity contribution in [2.45, 2.75) is 52.1 Å². The summed E-state index contributed by atoms with van der Waals surface area (Å²) in [6.07, 6.45) is 2.48. The highest BCUT2D eigenvalue weighted by atomic mass is 15.3. The van der Waals surface area contributed by atoms with Gasteiger partial charge < -0.3 is 15.5 Å². The quantitative estimate of drug-likeness (QED) is 0.833. The lowest BCUT2D eigenvalue weighted by atomic mass is 9.84. The van der Waals surface area contributed by atoms with Crippen molar-refractivity contribution in [1.29, 1.82) is 0 Å². The lowest BCUT2D eigenvalue weighted by molar-refractivity contribution is -0.0128. The first-order valence-corrected chi connectivity index (χ1v) is 8.88. The van der Waals surface area contributed by atoms with Gasteiger partial charge in [0.1, 0.15) is 0 Å². The number of hydrogen-bond donors (Lipinski definition) is 1. The molecule has 0 spiro atoms. The molecule has 0 aromatic rings. The molecule has 0 aromatic heterocycles. The van der Waals surface area contributed by atoms with Gasteiger partial charge in [-0.15, -0.1) is 0 Å². The summed E-state index contributed by atoms with van der Waals surface area (Å²) in [6.45, 7) is 18.6. The van der Waals surface area contributed by atoms with Crippen LogP contribution in [-0.4, -0.2) is 78.6 Å². The molecule has 0 bridgehead atoms. The summed E-state index contributed by atoms with van der Waals surface area (Å²) < 4.78 is 0. The molecule has 0 saturated carbocycles. The van der Waals surface area contributed by atoms with Crippen molar-refractivity contribution < 1.29 is 0 Å². The summed E-state index contributed by atoms with van der Waals surface area (Å²) in [7, 11) is 0. The lowest BCUT2D eigenvalue weighted by Gasteiger charge is -2.51. The zero-order valence-electron chi connectivity index (χ0n) is 14.6. The minimum absolute atomic E-state index is 0.273. The van der Waals surface area contributed by atoms with Crippen molar-refractivity contribution in [3.63, 3.8) is 0 Å². The van der Waals surface area contributed by atoms with Gasteiger partial charge in [0.2, 0.25) is 0 Å². The second kappa shape index (κ2) is 7.40. The molecule has 4 nitrogen and oxygen atoms in total. The SMILES string of the molecule is CC(C)CN1CCN(C2(CN)CCN(C(C)C)CC2)CC1. The summed E-state index contributed by atoms with van der Waals surface area (Å²) in [5, 5.41) is 0. The van der Waals surface area contributed by atoms with Crippen molar-refractivity contribution >= 4 is 0 Å². The number of nitrogens with two attached hydrogens (primary N) is 1. The number of rotatable bonds is 5. The van der Waals surface area contributed by atoms with Gasteiger partial charge in [-0.25, -0.2) is 0 Å². The highest BCUT2D eigenvalue weighted by Gasteiger charge is 2.40. The van der Waals surface area contributed by atoms with Gasteiger partial charge in [-0.2, -0.15) is 0 Å². The van der Waals surface area contributed by atoms with Crippen molar-refractivity contribution in [3.8, 4) is 0 Å². The van der Waals surface area contributed by atoms with Crippen LogP contribution in [0, 0.1) is 5.92 Å². The zero-order chi connectivity index (χ0) is 15.5. The molecule has 2 saturated heterocycles. The topological polar surface area (TPSA) is 35.7 Å². The van der Waals surface area contributed by atoms with Crippen LogP contribution >= 0.6 is 0 Å². The Kier molecular flexibility index (Phi) is 6.06. The second-order valence-electron chi connectivity index (χ2n) is 7.74. The molecule has 21 heavy (non-hydrogen) atoms. The lowest BCUT2D eigenvalue weighted by Crippen LogP contribution is -2.64. The molecule has 2 fully saturated rings. The Morgan fingerprint density at radius 3 is 1.90 bits per heavy atom. The Hall–Kier alpha value is -0.160. The van der Waals surface area contributed by atoms with E-state index in [0.29, 0.717) is 6.04 Å². The Morgan fingerprint density at radius 2 is 1.48 bits per heavy atom. The van der Waals surface area contributed by atoms with E-state index >= 15 is 0 Å². The number of piperidine rings is 1. The fraction of sp³-hybridized carbons (Fsp3) is 1.00. The predicted octanol–water partition coefficient (Wildman–Crippen LogP) is 1.46. The molecule has 2 rings (SSSR count). The van der Waals surface area contributed by atoms with Crippen LogP contribution in [0.5, 0.6) is 0 Å². The second-order valence-corrected chi connectivity index (χ2v) is 7.74. The first-order chi connectivity index (χ1) is 9.97. The Morgan fingerprint density at radius 1 is 0.905 bits per heavy atom. The van der Waals surface area contributed by atoms with Gasteiger partial charge in [-0.05, 0) is 32.6 Å². The molecular weight excluding hydrogens is 260 g/mol. The average molecular weight is 297 g/mol. The highest BCUT2D eigenvalue weighted by molar-refractivity contribution is 4.98. The largest absolute Gasteiger partial charge is 0.329 e. The molecule has 2 heterocycles. The van der Waals surface area contributed by atoms with Gasteiger partial charge in [-0.1, -0.05) is 13.8 Å². The van der Waals surface area contributed by atoms with Crippen LogP contribution < -0.4 is 5.73 Å². The van der Waals surface area contributed by atoms with Gasteiger partial charge in [0.15, 0.2) is 0 Å². The van der Waals surface area contributed by atoms with Crippen LogP contribution in [-0.2, 0) is 0 Å². The maximum atomic E-state index is 6.23. The van der Waals surface area contributed by atoms with E-state index < -0.39 is 0 Å². The summed E-state index contributed by atoms with van der Waals surface area (Å²) in [4.78, 5) is 7.93. The Balaban J connectivity index is 1.88. The number of nitrogens with zero attached hydrogens (tertiary/aromatic N) is 3. The maximum Gasteiger partial charge on any atom is 0.0357 e. The first-order valence-electron chi connectivity index (χ1n) is 8.88. The molecule has 0 atom stereocenters. The van der Waals surface area contributed by atoms with E-state index in [-0.39, 0.29) is 5.54 Å². The number of piperazine rings is 1. The van der Waals surface area contributed by atoms with Crippen LogP contribution in [0.25, 0.3) is 0 Å². The van der Waals surface area contributed by atoms with Crippen LogP contribution in [0.1, 0.15) is 40.5 Å². The summed E-state index contributed by atoms with van der Waals surface area (Å²) in [5.41, 5.74) is 6.51. The molecule has 0 unspecified atom stereocenters. The first kappa shape index (κ1) is 17.2. The fourth-order valence-electron chi connectivity index (χ4n) is 4.03. The minimum atomic E-state index is 0.273. The van der Waals surface area contributed by atoms with Gasteiger partial charge in [0, 0.05) is 63.9 Å². The Labute approximate surface area is 131 Å². The van der Waals surface area contributed by atoms with Crippen molar-refractivity contribution in [2.75, 3.05) is 52.4 Å². The summed E-state index contributed by atoms with van der Waals surface area (Å²) in [6, 6.07) is 0.670. The monoisotopic (exact) mass is 296 g/mol. The molecule has 0 radical (unpaired) electrons. The molecule has 0 amide bonds. The molecule has 0 aromatic carbocycles. The standard InChI is InChI=1S/C17H36N4/c1-15(2)13-19-9-11-21(12-10-19)17(14-18)5-7-20(8-6-17)16(3)4/h15-16H,5-14,18H2,1-4H3. The normalized spacial score (nSPS) is 25.9. The Bertz CT molecular complexity index is 300. The highest BCUT2D eigenvalue weighted by Crippen LogP contribution is 2.30. The van der Waals surface area contributed by atoms with Gasteiger partial charge in [-0.3, -0.25) is 4.90 Å². The number of hydrogen-bond acceptors (Lipinski definition) is 4. The van der Waals surface area contributed by atoms with E-state index in [1.54, 1.807) is 0 Å². The smallest absolute Gasteiger partial charge is 0.0357 e. The minimum Gasteiger partial charge on any atom is -0.329 e. The van der Waals surface area contributed by atoms with Gasteiger partial charge >= 0.3 is 0 Å². The number of likely N-dealkylation sites (tertiary alicyclic amines) is 1. The molecule has 2 aliphatic heterocycles. The molecule has 0 aliphatic carbocycles. The molecule has 2 N–H and O–H groups in total. The van der Waals surface area contributed by atoms with E-state index in [1.165, 1.54) is 58.7 Å². The van der Waals surface area contributed by atoms with E-state index in [4.69, 9.17) is 5.73 Å². The van der Waals surface area contributed by atoms with Crippen LogP contribution in [0.15, 0.2) is 0 Å². The predicted molar refractivity (Wildman–Crippen MR) is 90.6 cm³/mol. The molecular formula is C17H36N4. The summed E-state index contributed by atoms with van der Waals surface area (Å²) in [5.74, 6) is 0.772. The zero-order valence-corrected chi connectivity index (χ0v) is 14.6. The van der Waals surface area contributed by atoms with E-state index in [1.807, 2.05) is 0 Å². The fourth-order valence-corrected chi connectivity index (χ4v) is 4.03. The third-order valence-electron chi connectivity index (χ3n) is 5.51. The third-order valence-corrected chi connectivity index (χ3v) is 5.51. The van der Waals surface area contributed by atoms with E-state index in [0.717, 1.165) is 12.5 Å². The van der Waals surface area contributed by atoms with Gasteiger partial charge in [0.05, 0.1) is 0 Å². The molecule has 2 aliphatic rings. The van der Waals surface area contributed by atoms with Crippen LogP contribution in [0.4, 0.5) is 0 Å². The maximum absolute atomic E-state index is 6.23. The van der Waals surface area contributed by atoms with Crippen molar-refractivity contribution in [2.24, 2.45) is 11.7 Å². The van der Waals surface area contributed by atoms with Crippen molar-refractivity contribution in [1.82, 2.24) is 14.7 Å².